The molecule has 0 aliphatic rings. The molecule has 0 saturated carbocycles. The molecule has 0 bridgehead atoms. The Morgan fingerprint density at radius 3 is 2.40 bits per heavy atom. The van der Waals surface area contributed by atoms with Gasteiger partial charge in [-0.2, -0.15) is 5.10 Å². The second-order valence-electron chi connectivity index (χ2n) is 7.34. The molecular formula is C21H22N2O2. The molecule has 25 heavy (non-hydrogen) atoms. The van der Waals surface area contributed by atoms with Gasteiger partial charge in [0.15, 0.2) is 5.78 Å². The molecule has 1 heterocycles. The highest BCUT2D eigenvalue weighted by molar-refractivity contribution is 6.12. The van der Waals surface area contributed by atoms with E-state index in [0.29, 0.717) is 22.4 Å². The van der Waals surface area contributed by atoms with E-state index in [9.17, 15) is 9.90 Å². The van der Waals surface area contributed by atoms with Crippen molar-refractivity contribution >= 4 is 5.78 Å². The van der Waals surface area contributed by atoms with Crippen LogP contribution in [0.2, 0.25) is 0 Å². The van der Waals surface area contributed by atoms with Crippen LogP contribution >= 0.6 is 0 Å². The van der Waals surface area contributed by atoms with Gasteiger partial charge >= 0.3 is 0 Å². The minimum atomic E-state index is -0.120. The van der Waals surface area contributed by atoms with E-state index < -0.39 is 0 Å². The SMILES string of the molecule is Cc1ccc(O)c(-c2[nH]ncc2C(=O)c2ccc(C(C)(C)C)cc2)c1. The molecule has 0 spiro atoms. The molecule has 4 heteroatoms. The van der Waals surface area contributed by atoms with Crippen LogP contribution in [0.1, 0.15) is 47.8 Å². The minimum Gasteiger partial charge on any atom is -0.507 e. The number of nitrogens with zero attached hydrogens (tertiary/aromatic N) is 1. The third-order valence-electron chi connectivity index (χ3n) is 4.32. The summed E-state index contributed by atoms with van der Waals surface area (Å²) >= 11 is 0. The van der Waals surface area contributed by atoms with E-state index in [0.717, 1.165) is 5.56 Å². The topological polar surface area (TPSA) is 66.0 Å². The number of benzene rings is 2. The van der Waals surface area contributed by atoms with E-state index in [-0.39, 0.29) is 16.9 Å². The standard InChI is InChI=1S/C21H22N2O2/c1-13-5-10-18(24)16(11-13)19-17(12-22-23-19)20(25)14-6-8-15(9-7-14)21(2,3)4/h5-12,24H,1-4H3,(H,22,23). The van der Waals surface area contributed by atoms with E-state index >= 15 is 0 Å². The van der Waals surface area contributed by atoms with Crippen molar-refractivity contribution in [2.75, 3.05) is 0 Å². The number of aryl methyl sites for hydroxylation is 1. The van der Waals surface area contributed by atoms with E-state index in [1.807, 2.05) is 43.3 Å². The van der Waals surface area contributed by atoms with E-state index in [2.05, 4.69) is 31.0 Å². The van der Waals surface area contributed by atoms with Crippen LogP contribution in [0.3, 0.4) is 0 Å². The average Bonchev–Trinajstić information content (AvgIpc) is 3.05. The van der Waals surface area contributed by atoms with Gasteiger partial charge < -0.3 is 5.11 Å². The maximum Gasteiger partial charge on any atom is 0.196 e. The zero-order chi connectivity index (χ0) is 18.2. The van der Waals surface area contributed by atoms with Gasteiger partial charge in [0.05, 0.1) is 17.5 Å². The Bertz CT molecular complexity index is 916. The van der Waals surface area contributed by atoms with Gasteiger partial charge in [0.25, 0.3) is 0 Å². The highest BCUT2D eigenvalue weighted by Crippen LogP contribution is 2.32. The molecule has 2 aromatic carbocycles. The van der Waals surface area contributed by atoms with Crippen LogP contribution in [0, 0.1) is 6.92 Å². The monoisotopic (exact) mass is 334 g/mol. The Morgan fingerprint density at radius 2 is 1.76 bits per heavy atom. The Hall–Kier alpha value is -2.88. The first kappa shape index (κ1) is 17.0. The zero-order valence-electron chi connectivity index (χ0n) is 14.9. The molecule has 3 aromatic rings. The minimum absolute atomic E-state index is 0.0374. The van der Waals surface area contributed by atoms with Gasteiger partial charge in [-0.15, -0.1) is 0 Å². The number of phenols is 1. The number of carbonyl (C=O) groups is 1. The van der Waals surface area contributed by atoms with Crippen LogP contribution in [-0.4, -0.2) is 21.1 Å². The quantitative estimate of drug-likeness (QED) is 0.687. The number of rotatable bonds is 3. The third-order valence-corrected chi connectivity index (χ3v) is 4.32. The fraction of sp³-hybridized carbons (Fsp3) is 0.238. The smallest absolute Gasteiger partial charge is 0.196 e. The van der Waals surface area contributed by atoms with Crippen molar-refractivity contribution in [3.63, 3.8) is 0 Å². The van der Waals surface area contributed by atoms with E-state index in [4.69, 9.17) is 0 Å². The summed E-state index contributed by atoms with van der Waals surface area (Å²) in [5.41, 5.74) is 4.36. The highest BCUT2D eigenvalue weighted by Gasteiger charge is 2.20. The summed E-state index contributed by atoms with van der Waals surface area (Å²) < 4.78 is 0. The number of hydrogen-bond acceptors (Lipinski definition) is 3. The number of phenolic OH excluding ortho intramolecular Hbond substituents is 1. The van der Waals surface area contributed by atoms with Gasteiger partial charge in [0.2, 0.25) is 0 Å². The summed E-state index contributed by atoms with van der Waals surface area (Å²) in [5.74, 6) is -0.00269. The van der Waals surface area contributed by atoms with Crippen molar-refractivity contribution in [2.24, 2.45) is 0 Å². The van der Waals surface area contributed by atoms with Crippen LogP contribution in [0.5, 0.6) is 5.75 Å². The first-order valence-corrected chi connectivity index (χ1v) is 8.26. The van der Waals surface area contributed by atoms with Gasteiger partial charge in [-0.3, -0.25) is 9.89 Å². The molecule has 0 fully saturated rings. The van der Waals surface area contributed by atoms with Crippen LogP contribution in [0.25, 0.3) is 11.3 Å². The van der Waals surface area contributed by atoms with Crippen molar-refractivity contribution in [3.05, 3.63) is 70.9 Å². The van der Waals surface area contributed by atoms with Crippen LogP contribution in [0.4, 0.5) is 0 Å². The first-order chi connectivity index (χ1) is 11.8. The summed E-state index contributed by atoms with van der Waals surface area (Å²) in [6.07, 6.45) is 1.51. The summed E-state index contributed by atoms with van der Waals surface area (Å²) in [4.78, 5) is 12.9. The molecule has 0 radical (unpaired) electrons. The van der Waals surface area contributed by atoms with Gasteiger partial charge in [-0.25, -0.2) is 0 Å². The first-order valence-electron chi connectivity index (χ1n) is 8.26. The molecule has 128 valence electrons. The molecule has 4 nitrogen and oxygen atoms in total. The molecule has 0 saturated heterocycles. The Balaban J connectivity index is 2.00. The van der Waals surface area contributed by atoms with Gasteiger partial charge in [0.1, 0.15) is 5.75 Å². The molecule has 3 rings (SSSR count). The van der Waals surface area contributed by atoms with Gasteiger partial charge in [0, 0.05) is 11.1 Å². The molecule has 0 aliphatic heterocycles. The zero-order valence-corrected chi connectivity index (χ0v) is 14.9. The summed E-state index contributed by atoms with van der Waals surface area (Å²) in [6.45, 7) is 8.35. The van der Waals surface area contributed by atoms with Crippen LogP contribution < -0.4 is 0 Å². The van der Waals surface area contributed by atoms with Gasteiger partial charge in [-0.05, 0) is 30.0 Å². The predicted molar refractivity (Wildman–Crippen MR) is 99.0 cm³/mol. The lowest BCUT2D eigenvalue weighted by Crippen LogP contribution is -2.11. The predicted octanol–water partition coefficient (Wildman–Crippen LogP) is 4.62. The second-order valence-corrected chi connectivity index (χ2v) is 7.34. The number of hydrogen-bond donors (Lipinski definition) is 2. The number of carbonyl (C=O) groups excluding carboxylic acids is 1. The van der Waals surface area contributed by atoms with Crippen molar-refractivity contribution in [1.29, 1.82) is 0 Å². The maximum absolute atomic E-state index is 12.9. The molecule has 2 N–H and O–H groups in total. The van der Waals surface area contributed by atoms with Crippen molar-refractivity contribution in [3.8, 4) is 17.0 Å². The van der Waals surface area contributed by atoms with Crippen LogP contribution in [0.15, 0.2) is 48.7 Å². The van der Waals surface area contributed by atoms with Crippen molar-refractivity contribution < 1.29 is 9.90 Å². The molecule has 0 amide bonds. The highest BCUT2D eigenvalue weighted by atomic mass is 16.3. The Morgan fingerprint density at radius 1 is 1.08 bits per heavy atom. The molecular weight excluding hydrogens is 312 g/mol. The fourth-order valence-electron chi connectivity index (χ4n) is 2.79. The summed E-state index contributed by atoms with van der Waals surface area (Å²) in [5, 5.41) is 17.0. The lowest BCUT2D eigenvalue weighted by molar-refractivity contribution is 0.103. The Kier molecular flexibility index (Phi) is 4.21. The normalized spacial score (nSPS) is 11.5. The van der Waals surface area contributed by atoms with Crippen molar-refractivity contribution in [1.82, 2.24) is 10.2 Å². The Labute approximate surface area is 147 Å². The lowest BCUT2D eigenvalue weighted by atomic mass is 9.86. The summed E-state index contributed by atoms with van der Waals surface area (Å²) in [7, 11) is 0. The lowest BCUT2D eigenvalue weighted by Gasteiger charge is -2.19. The number of H-pyrrole nitrogens is 1. The average molecular weight is 334 g/mol. The molecule has 0 aliphatic carbocycles. The fourth-order valence-corrected chi connectivity index (χ4v) is 2.79. The maximum atomic E-state index is 12.9. The van der Waals surface area contributed by atoms with Gasteiger partial charge in [-0.1, -0.05) is 56.7 Å². The molecule has 0 unspecified atom stereocenters. The van der Waals surface area contributed by atoms with Crippen LogP contribution in [-0.2, 0) is 5.41 Å². The molecule has 1 aromatic heterocycles. The number of nitrogens with one attached hydrogen (secondary N) is 1. The number of aromatic nitrogens is 2. The third kappa shape index (κ3) is 3.33. The number of ketones is 1. The number of aromatic amines is 1. The largest absolute Gasteiger partial charge is 0.507 e. The second kappa shape index (κ2) is 6.20. The number of aromatic hydroxyl groups is 1. The van der Waals surface area contributed by atoms with E-state index in [1.54, 1.807) is 6.07 Å². The van der Waals surface area contributed by atoms with E-state index in [1.165, 1.54) is 11.8 Å². The summed E-state index contributed by atoms with van der Waals surface area (Å²) in [6, 6.07) is 12.9. The molecule has 0 atom stereocenters. The van der Waals surface area contributed by atoms with Crippen molar-refractivity contribution in [2.45, 2.75) is 33.1 Å².